The van der Waals surface area contributed by atoms with Gasteiger partial charge in [-0.15, -0.1) is 0 Å². The van der Waals surface area contributed by atoms with E-state index in [9.17, 15) is 35.9 Å². The number of alkyl halides is 6. The molecule has 0 spiro atoms. The number of cyclic esters (lactones) is 2. The molecule has 0 aromatic heterocycles. The fourth-order valence-electron chi connectivity index (χ4n) is 6.72. The molecule has 0 saturated carbocycles. The van der Waals surface area contributed by atoms with Crippen molar-refractivity contribution < 1.29 is 40.7 Å². The van der Waals surface area contributed by atoms with Crippen LogP contribution in [-0.4, -0.2) is 11.9 Å². The largest absolute Gasteiger partial charge is 0.417 e. The van der Waals surface area contributed by atoms with Crippen LogP contribution in [0.2, 0.25) is 0 Å². The molecule has 2 bridgehead atoms. The molecule has 33 heavy (non-hydrogen) atoms. The van der Waals surface area contributed by atoms with E-state index in [0.717, 1.165) is 0 Å². The van der Waals surface area contributed by atoms with Crippen molar-refractivity contribution in [3.63, 3.8) is 0 Å². The zero-order chi connectivity index (χ0) is 23.6. The summed E-state index contributed by atoms with van der Waals surface area (Å²) in [5, 5.41) is 0. The van der Waals surface area contributed by atoms with Gasteiger partial charge < -0.3 is 4.74 Å². The summed E-state index contributed by atoms with van der Waals surface area (Å²) in [6.45, 7) is 0. The van der Waals surface area contributed by atoms with Gasteiger partial charge in [-0.05, 0) is 47.2 Å². The molecule has 0 amide bonds. The minimum absolute atomic E-state index is 0.00315. The smallest absolute Gasteiger partial charge is 0.392 e. The summed E-state index contributed by atoms with van der Waals surface area (Å²) in [6, 6.07) is 7.69. The Morgan fingerprint density at radius 1 is 0.697 bits per heavy atom. The van der Waals surface area contributed by atoms with E-state index in [1.165, 1.54) is 0 Å². The minimum atomic E-state index is -5.26. The second-order valence-corrected chi connectivity index (χ2v) is 9.02. The van der Waals surface area contributed by atoms with Crippen LogP contribution >= 0.6 is 0 Å². The van der Waals surface area contributed by atoms with Crippen LogP contribution in [0.3, 0.4) is 0 Å². The molecule has 170 valence electrons. The Bertz CT molecular complexity index is 1190. The van der Waals surface area contributed by atoms with Gasteiger partial charge in [-0.1, -0.05) is 36.4 Å². The zero-order valence-electron chi connectivity index (χ0n) is 16.7. The first-order valence-corrected chi connectivity index (χ1v) is 10.3. The summed E-state index contributed by atoms with van der Waals surface area (Å²) in [7, 11) is 0. The Hall–Kier alpha value is -3.10. The molecule has 1 saturated heterocycles. The third-order valence-corrected chi connectivity index (χ3v) is 7.82. The van der Waals surface area contributed by atoms with Crippen molar-refractivity contribution in [3.8, 4) is 0 Å². The summed E-state index contributed by atoms with van der Waals surface area (Å²) in [5.41, 5.74) is -5.54. The van der Waals surface area contributed by atoms with Crippen LogP contribution in [0.25, 0.3) is 0 Å². The van der Waals surface area contributed by atoms with Gasteiger partial charge >= 0.3 is 24.3 Å². The van der Waals surface area contributed by atoms with Crippen LogP contribution in [0.1, 0.15) is 58.1 Å². The van der Waals surface area contributed by atoms with Crippen LogP contribution in [0.5, 0.6) is 0 Å². The van der Waals surface area contributed by atoms with Crippen molar-refractivity contribution in [1.29, 1.82) is 0 Å². The van der Waals surface area contributed by atoms with Crippen LogP contribution in [-0.2, 0) is 26.7 Å². The maximum Gasteiger partial charge on any atom is 0.417 e. The van der Waals surface area contributed by atoms with E-state index >= 15 is 0 Å². The number of rotatable bonds is 0. The first-order valence-electron chi connectivity index (χ1n) is 10.3. The standard InChI is InChI=1S/C24H14F6O3/c25-23(26,27)15-9-13-14(10-16(15)24(28,29)30)18-12-6-2-1-5-11(12)17(13)21-7-3-4-8-22(18,21)20(32)33-19(21)31/h1-6,9-10,17-18H,7-8H2/t17-,18+,21-,22+. The Kier molecular flexibility index (Phi) is 3.65. The first-order chi connectivity index (χ1) is 15.4. The lowest BCUT2D eigenvalue weighted by atomic mass is 9.38. The summed E-state index contributed by atoms with van der Waals surface area (Å²) in [5.74, 6) is -3.75. The number of hydrogen-bond acceptors (Lipinski definition) is 3. The maximum absolute atomic E-state index is 13.8. The number of ether oxygens (including phenoxy) is 1. The van der Waals surface area contributed by atoms with E-state index in [4.69, 9.17) is 4.74 Å². The topological polar surface area (TPSA) is 43.4 Å². The van der Waals surface area contributed by atoms with Gasteiger partial charge in [0, 0.05) is 11.8 Å². The predicted octanol–water partition coefficient (Wildman–Crippen LogP) is 5.72. The molecule has 0 radical (unpaired) electrons. The van der Waals surface area contributed by atoms with Crippen LogP contribution < -0.4 is 0 Å². The summed E-state index contributed by atoms with van der Waals surface area (Å²) < 4.78 is 87.7. The molecule has 1 aliphatic heterocycles. The van der Waals surface area contributed by atoms with Gasteiger partial charge in [0.15, 0.2) is 0 Å². The Balaban J connectivity index is 1.77. The molecule has 5 aliphatic rings. The average molecular weight is 464 g/mol. The molecule has 3 nitrogen and oxygen atoms in total. The molecule has 4 atom stereocenters. The van der Waals surface area contributed by atoms with E-state index in [-0.39, 0.29) is 24.0 Å². The van der Waals surface area contributed by atoms with Crippen molar-refractivity contribution in [2.24, 2.45) is 10.8 Å². The fourth-order valence-corrected chi connectivity index (χ4v) is 6.72. The van der Waals surface area contributed by atoms with Crippen molar-refractivity contribution >= 4 is 11.9 Å². The Labute approximate surface area is 183 Å². The molecule has 0 N–H and O–H groups in total. The maximum atomic E-state index is 13.8. The molecular weight excluding hydrogens is 450 g/mol. The highest BCUT2D eigenvalue weighted by Gasteiger charge is 2.78. The third kappa shape index (κ3) is 2.18. The number of carbonyl (C=O) groups is 2. The molecule has 9 heteroatoms. The molecule has 1 fully saturated rings. The average Bonchev–Trinajstić information content (AvgIpc) is 2.99. The monoisotopic (exact) mass is 464 g/mol. The fraction of sp³-hybridized carbons (Fsp3) is 0.333. The van der Waals surface area contributed by atoms with Crippen molar-refractivity contribution in [1.82, 2.24) is 0 Å². The van der Waals surface area contributed by atoms with Gasteiger partial charge in [0.25, 0.3) is 0 Å². The molecule has 2 aromatic carbocycles. The number of carbonyl (C=O) groups excluding carboxylic acids is 2. The lowest BCUT2D eigenvalue weighted by Gasteiger charge is -2.59. The van der Waals surface area contributed by atoms with Crippen LogP contribution in [0, 0.1) is 10.8 Å². The SMILES string of the molecule is O=C1OC(=O)[C@@]23CC=CC[C@@]12[C@@H]1c2ccccc2[C@H]3c2cc(C(F)(F)F)c(C(F)(F)F)cc21. The van der Waals surface area contributed by atoms with Gasteiger partial charge in [-0.2, -0.15) is 26.3 Å². The van der Waals surface area contributed by atoms with Crippen molar-refractivity contribution in [3.05, 3.63) is 81.9 Å². The Morgan fingerprint density at radius 3 is 1.45 bits per heavy atom. The zero-order valence-corrected chi connectivity index (χ0v) is 16.7. The predicted molar refractivity (Wildman–Crippen MR) is 101 cm³/mol. The second-order valence-electron chi connectivity index (χ2n) is 9.02. The van der Waals surface area contributed by atoms with E-state index in [1.54, 1.807) is 36.4 Å². The third-order valence-electron chi connectivity index (χ3n) is 7.82. The first kappa shape index (κ1) is 20.5. The van der Waals surface area contributed by atoms with E-state index in [0.29, 0.717) is 23.3 Å². The number of benzene rings is 2. The number of halogens is 6. The normalized spacial score (nSPS) is 31.6. The molecule has 7 rings (SSSR count). The van der Waals surface area contributed by atoms with E-state index < -0.39 is 58.1 Å². The lowest BCUT2D eigenvalue weighted by Crippen LogP contribution is -2.59. The summed E-state index contributed by atoms with van der Waals surface area (Å²) >= 11 is 0. The van der Waals surface area contributed by atoms with Gasteiger partial charge in [0.1, 0.15) is 10.8 Å². The summed E-state index contributed by atoms with van der Waals surface area (Å²) in [6.07, 6.45) is -7.04. The van der Waals surface area contributed by atoms with Gasteiger partial charge in [0.05, 0.1) is 11.1 Å². The van der Waals surface area contributed by atoms with Gasteiger partial charge in [-0.25, -0.2) is 0 Å². The summed E-state index contributed by atoms with van der Waals surface area (Å²) in [4.78, 5) is 26.4. The van der Waals surface area contributed by atoms with Crippen molar-refractivity contribution in [2.45, 2.75) is 37.0 Å². The minimum Gasteiger partial charge on any atom is -0.392 e. The quantitative estimate of drug-likeness (QED) is 0.217. The van der Waals surface area contributed by atoms with Crippen LogP contribution in [0.4, 0.5) is 26.3 Å². The molecule has 1 heterocycles. The molecule has 4 aliphatic carbocycles. The number of esters is 2. The highest BCUT2D eigenvalue weighted by atomic mass is 19.4. The van der Waals surface area contributed by atoms with E-state index in [1.807, 2.05) is 0 Å². The van der Waals surface area contributed by atoms with Crippen molar-refractivity contribution in [2.75, 3.05) is 0 Å². The molecule has 2 aromatic rings. The second kappa shape index (κ2) is 5.87. The van der Waals surface area contributed by atoms with Gasteiger partial charge in [-0.3, -0.25) is 9.59 Å². The lowest BCUT2D eigenvalue weighted by molar-refractivity contribution is -0.162. The highest BCUT2D eigenvalue weighted by Crippen LogP contribution is 2.76. The van der Waals surface area contributed by atoms with E-state index in [2.05, 4.69) is 0 Å². The highest BCUT2D eigenvalue weighted by molar-refractivity contribution is 6.06. The Morgan fingerprint density at radius 2 is 1.09 bits per heavy atom. The molecule has 0 unspecified atom stereocenters. The number of allylic oxidation sites excluding steroid dienone is 2. The molecular formula is C24H14F6O3. The van der Waals surface area contributed by atoms with Crippen LogP contribution in [0.15, 0.2) is 48.6 Å². The number of hydrogen-bond donors (Lipinski definition) is 0. The van der Waals surface area contributed by atoms with Gasteiger partial charge in [0.2, 0.25) is 0 Å².